The number of rotatable bonds is 2. The third kappa shape index (κ3) is 2.55. The molecule has 3 heteroatoms. The Bertz CT molecular complexity index is 763. The summed E-state index contributed by atoms with van der Waals surface area (Å²) < 4.78 is 1.69. The van der Waals surface area contributed by atoms with Crippen molar-refractivity contribution in [3.63, 3.8) is 0 Å². The molecular weight excluding hydrogens is 258 g/mol. The minimum atomic E-state index is 0.670. The lowest BCUT2D eigenvalue weighted by Gasteiger charge is -2.06. The number of hydrogen-bond donors (Lipinski definition) is 1. The van der Waals surface area contributed by atoms with Crippen molar-refractivity contribution in [3.8, 4) is 22.4 Å². The molecule has 2 aromatic carbocycles. The zero-order valence-electron chi connectivity index (χ0n) is 12.6. The van der Waals surface area contributed by atoms with Gasteiger partial charge in [-0.3, -0.25) is 4.68 Å². The highest BCUT2D eigenvalue weighted by atomic mass is 15.3. The first-order chi connectivity index (χ1) is 10.0. The fourth-order valence-electron chi connectivity index (χ4n) is 2.38. The van der Waals surface area contributed by atoms with Crippen LogP contribution < -0.4 is 5.73 Å². The first kappa shape index (κ1) is 13.4. The molecule has 0 saturated carbocycles. The summed E-state index contributed by atoms with van der Waals surface area (Å²) in [6.45, 7) is 4.28. The molecule has 0 aliphatic carbocycles. The largest absolute Gasteiger partial charge is 0.384 e. The number of aryl methyl sites for hydroxylation is 3. The van der Waals surface area contributed by atoms with Crippen molar-refractivity contribution in [2.24, 2.45) is 7.05 Å². The van der Waals surface area contributed by atoms with Crippen LogP contribution in [-0.2, 0) is 7.05 Å². The molecule has 0 fully saturated rings. The molecule has 2 N–H and O–H groups in total. The standard InChI is InChI=1S/C18H19N3/c1-12-4-5-16(10-13(12)2)14-6-8-15(9-7-14)17-11-18(19)21(3)20-17/h4-11H,19H2,1-3H3. The van der Waals surface area contributed by atoms with Gasteiger partial charge in [0.1, 0.15) is 5.82 Å². The van der Waals surface area contributed by atoms with E-state index in [1.807, 2.05) is 13.1 Å². The summed E-state index contributed by atoms with van der Waals surface area (Å²) in [4.78, 5) is 0. The predicted molar refractivity (Wildman–Crippen MR) is 88.0 cm³/mol. The molecule has 3 rings (SSSR count). The molecule has 21 heavy (non-hydrogen) atoms. The highest BCUT2D eigenvalue weighted by molar-refractivity contribution is 5.70. The molecule has 0 aliphatic rings. The lowest BCUT2D eigenvalue weighted by atomic mass is 9.99. The van der Waals surface area contributed by atoms with Gasteiger partial charge in [-0.25, -0.2) is 0 Å². The number of nitrogens with zero attached hydrogens (tertiary/aromatic N) is 2. The average Bonchev–Trinajstić information content (AvgIpc) is 2.82. The minimum absolute atomic E-state index is 0.670. The molecule has 0 bridgehead atoms. The van der Waals surface area contributed by atoms with Crippen LogP contribution in [0.2, 0.25) is 0 Å². The monoisotopic (exact) mass is 277 g/mol. The Balaban J connectivity index is 1.95. The maximum absolute atomic E-state index is 5.83. The van der Waals surface area contributed by atoms with Crippen LogP contribution in [-0.4, -0.2) is 9.78 Å². The van der Waals surface area contributed by atoms with Crippen LogP contribution in [0.4, 0.5) is 5.82 Å². The molecule has 0 saturated heterocycles. The zero-order chi connectivity index (χ0) is 15.0. The first-order valence-corrected chi connectivity index (χ1v) is 7.02. The van der Waals surface area contributed by atoms with Gasteiger partial charge in [0, 0.05) is 18.7 Å². The van der Waals surface area contributed by atoms with Gasteiger partial charge in [-0.05, 0) is 36.1 Å². The van der Waals surface area contributed by atoms with E-state index in [1.54, 1.807) is 4.68 Å². The van der Waals surface area contributed by atoms with E-state index in [0.29, 0.717) is 5.82 Å². The Kier molecular flexibility index (Phi) is 3.26. The average molecular weight is 277 g/mol. The summed E-state index contributed by atoms with van der Waals surface area (Å²) in [5.41, 5.74) is 12.9. The van der Waals surface area contributed by atoms with Gasteiger partial charge in [-0.1, -0.05) is 42.5 Å². The van der Waals surface area contributed by atoms with Crippen LogP contribution in [0.25, 0.3) is 22.4 Å². The molecule has 0 unspecified atom stereocenters. The van der Waals surface area contributed by atoms with E-state index in [4.69, 9.17) is 5.73 Å². The normalized spacial score (nSPS) is 10.8. The van der Waals surface area contributed by atoms with Crippen molar-refractivity contribution < 1.29 is 0 Å². The van der Waals surface area contributed by atoms with E-state index in [9.17, 15) is 0 Å². The maximum atomic E-state index is 5.83. The van der Waals surface area contributed by atoms with Crippen molar-refractivity contribution in [1.29, 1.82) is 0 Å². The minimum Gasteiger partial charge on any atom is -0.384 e. The Morgan fingerprint density at radius 1 is 0.810 bits per heavy atom. The number of nitrogen functional groups attached to an aromatic ring is 1. The van der Waals surface area contributed by atoms with Gasteiger partial charge in [0.2, 0.25) is 0 Å². The van der Waals surface area contributed by atoms with Crippen LogP contribution in [0.5, 0.6) is 0 Å². The van der Waals surface area contributed by atoms with E-state index in [1.165, 1.54) is 22.3 Å². The van der Waals surface area contributed by atoms with E-state index in [0.717, 1.165) is 11.3 Å². The molecule has 0 amide bonds. The van der Waals surface area contributed by atoms with Crippen LogP contribution in [0.15, 0.2) is 48.5 Å². The second-order valence-corrected chi connectivity index (χ2v) is 5.45. The van der Waals surface area contributed by atoms with Crippen LogP contribution >= 0.6 is 0 Å². The van der Waals surface area contributed by atoms with E-state index >= 15 is 0 Å². The Hall–Kier alpha value is -2.55. The van der Waals surface area contributed by atoms with Gasteiger partial charge in [-0.2, -0.15) is 5.10 Å². The number of hydrogen-bond acceptors (Lipinski definition) is 2. The molecule has 3 nitrogen and oxygen atoms in total. The molecule has 0 spiro atoms. The molecule has 0 atom stereocenters. The van der Waals surface area contributed by atoms with Crippen LogP contribution in [0.3, 0.4) is 0 Å². The SMILES string of the molecule is Cc1ccc(-c2ccc(-c3cc(N)n(C)n3)cc2)cc1C. The summed E-state index contributed by atoms with van der Waals surface area (Å²) in [5, 5.41) is 4.40. The van der Waals surface area contributed by atoms with Gasteiger partial charge in [0.15, 0.2) is 0 Å². The predicted octanol–water partition coefficient (Wildman–Crippen LogP) is 3.95. The van der Waals surface area contributed by atoms with Crippen molar-refractivity contribution >= 4 is 5.82 Å². The van der Waals surface area contributed by atoms with Gasteiger partial charge in [-0.15, -0.1) is 0 Å². The number of aromatic nitrogens is 2. The number of anilines is 1. The molecule has 1 heterocycles. The van der Waals surface area contributed by atoms with E-state index in [2.05, 4.69) is 61.4 Å². The van der Waals surface area contributed by atoms with Gasteiger partial charge >= 0.3 is 0 Å². The summed E-state index contributed by atoms with van der Waals surface area (Å²) in [5.74, 6) is 0.670. The van der Waals surface area contributed by atoms with E-state index < -0.39 is 0 Å². The third-order valence-electron chi connectivity index (χ3n) is 3.94. The Morgan fingerprint density at radius 2 is 1.43 bits per heavy atom. The number of benzene rings is 2. The molecule has 3 aromatic rings. The lowest BCUT2D eigenvalue weighted by molar-refractivity contribution is 0.782. The fourth-order valence-corrected chi connectivity index (χ4v) is 2.38. The van der Waals surface area contributed by atoms with E-state index in [-0.39, 0.29) is 0 Å². The number of nitrogens with two attached hydrogens (primary N) is 1. The Labute approximate surface area is 125 Å². The second kappa shape index (κ2) is 5.09. The van der Waals surface area contributed by atoms with Crippen molar-refractivity contribution in [3.05, 3.63) is 59.7 Å². The maximum Gasteiger partial charge on any atom is 0.121 e. The van der Waals surface area contributed by atoms with Gasteiger partial charge < -0.3 is 5.73 Å². The summed E-state index contributed by atoms with van der Waals surface area (Å²) in [6, 6.07) is 16.9. The summed E-state index contributed by atoms with van der Waals surface area (Å²) in [7, 11) is 1.85. The molecular formula is C18H19N3. The first-order valence-electron chi connectivity index (χ1n) is 7.02. The molecule has 0 aliphatic heterocycles. The van der Waals surface area contributed by atoms with Crippen molar-refractivity contribution in [1.82, 2.24) is 9.78 Å². The Morgan fingerprint density at radius 3 is 2.00 bits per heavy atom. The zero-order valence-corrected chi connectivity index (χ0v) is 12.6. The lowest BCUT2D eigenvalue weighted by Crippen LogP contribution is -1.96. The fraction of sp³-hybridized carbons (Fsp3) is 0.167. The van der Waals surface area contributed by atoms with Gasteiger partial charge in [0.05, 0.1) is 5.69 Å². The summed E-state index contributed by atoms with van der Waals surface area (Å²) in [6.07, 6.45) is 0. The highest BCUT2D eigenvalue weighted by Crippen LogP contribution is 2.26. The van der Waals surface area contributed by atoms with Crippen molar-refractivity contribution in [2.45, 2.75) is 13.8 Å². The topological polar surface area (TPSA) is 43.8 Å². The van der Waals surface area contributed by atoms with Gasteiger partial charge in [0.25, 0.3) is 0 Å². The highest BCUT2D eigenvalue weighted by Gasteiger charge is 2.05. The molecule has 1 aromatic heterocycles. The second-order valence-electron chi connectivity index (χ2n) is 5.45. The van der Waals surface area contributed by atoms with Crippen molar-refractivity contribution in [2.75, 3.05) is 5.73 Å². The molecule has 106 valence electrons. The molecule has 0 radical (unpaired) electrons. The quantitative estimate of drug-likeness (QED) is 0.770. The summed E-state index contributed by atoms with van der Waals surface area (Å²) >= 11 is 0. The third-order valence-corrected chi connectivity index (χ3v) is 3.94. The smallest absolute Gasteiger partial charge is 0.121 e. The van der Waals surface area contributed by atoms with Crippen LogP contribution in [0, 0.1) is 13.8 Å². The van der Waals surface area contributed by atoms with Crippen LogP contribution in [0.1, 0.15) is 11.1 Å².